The second-order valence-corrected chi connectivity index (χ2v) is 6.60. The maximum absolute atomic E-state index is 12.9. The lowest BCUT2D eigenvalue weighted by atomic mass is 10.2. The van der Waals surface area contributed by atoms with Crippen LogP contribution in [0.3, 0.4) is 0 Å². The van der Waals surface area contributed by atoms with Crippen LogP contribution in [0.15, 0.2) is 60.9 Å². The molecular weight excluding hydrogens is 312 g/mol. The van der Waals surface area contributed by atoms with Crippen LogP contribution < -0.4 is 0 Å². The minimum atomic E-state index is 0.0723. The average Bonchev–Trinajstić information content (AvgIpc) is 3.37. The molecule has 1 N–H and O–H groups in total. The van der Waals surface area contributed by atoms with Gasteiger partial charge in [-0.05, 0) is 30.7 Å². The predicted octanol–water partition coefficient (Wildman–Crippen LogP) is 3.60. The van der Waals surface area contributed by atoms with Crippen LogP contribution in [0.4, 0.5) is 0 Å². The van der Waals surface area contributed by atoms with Gasteiger partial charge >= 0.3 is 0 Å². The van der Waals surface area contributed by atoms with E-state index in [2.05, 4.69) is 20.6 Å². The second-order valence-electron chi connectivity index (χ2n) is 6.60. The molecule has 1 aliphatic rings. The standard InChI is InChI=1S/C20H18N4O/c25-20(18-11-14-5-1-2-6-16(14)22-18)23-10-9-15(12-23)24-13-21-17-7-3-4-8-19(17)24/h1-8,11,13,15,22H,9-10,12H2/t15-/m0/s1. The van der Waals surface area contributed by atoms with E-state index in [0.717, 1.165) is 34.9 Å². The number of H-pyrrole nitrogens is 1. The van der Waals surface area contributed by atoms with Gasteiger partial charge in [0.15, 0.2) is 0 Å². The first-order chi connectivity index (χ1) is 12.3. The van der Waals surface area contributed by atoms with E-state index in [1.807, 2.05) is 59.8 Å². The maximum Gasteiger partial charge on any atom is 0.270 e. The highest BCUT2D eigenvalue weighted by atomic mass is 16.2. The number of amides is 1. The number of hydrogen-bond acceptors (Lipinski definition) is 2. The van der Waals surface area contributed by atoms with Crippen LogP contribution in [0.2, 0.25) is 0 Å². The molecule has 0 radical (unpaired) electrons. The fourth-order valence-electron chi connectivity index (χ4n) is 3.78. The highest BCUT2D eigenvalue weighted by molar-refractivity contribution is 5.98. The number of aromatic nitrogens is 3. The number of nitrogens with one attached hydrogen (secondary N) is 1. The predicted molar refractivity (Wildman–Crippen MR) is 97.6 cm³/mol. The monoisotopic (exact) mass is 330 g/mol. The molecule has 5 nitrogen and oxygen atoms in total. The van der Waals surface area contributed by atoms with E-state index in [0.29, 0.717) is 12.2 Å². The fraction of sp³-hybridized carbons (Fsp3) is 0.200. The number of benzene rings is 2. The summed E-state index contributed by atoms with van der Waals surface area (Å²) in [6.07, 6.45) is 2.85. The summed E-state index contributed by atoms with van der Waals surface area (Å²) in [7, 11) is 0. The van der Waals surface area contributed by atoms with E-state index in [-0.39, 0.29) is 11.9 Å². The van der Waals surface area contributed by atoms with Gasteiger partial charge in [0, 0.05) is 24.0 Å². The van der Waals surface area contributed by atoms with Crippen molar-refractivity contribution in [3.05, 3.63) is 66.6 Å². The van der Waals surface area contributed by atoms with Crippen molar-refractivity contribution in [2.45, 2.75) is 12.5 Å². The van der Waals surface area contributed by atoms with Gasteiger partial charge in [-0.3, -0.25) is 4.79 Å². The van der Waals surface area contributed by atoms with Crippen LogP contribution in [0.25, 0.3) is 21.9 Å². The third-order valence-electron chi connectivity index (χ3n) is 5.09. The molecule has 1 amide bonds. The maximum atomic E-state index is 12.9. The van der Waals surface area contributed by atoms with Gasteiger partial charge in [0.2, 0.25) is 0 Å². The number of rotatable bonds is 2. The number of imidazole rings is 1. The van der Waals surface area contributed by atoms with Crippen molar-refractivity contribution in [1.29, 1.82) is 0 Å². The first-order valence-electron chi connectivity index (χ1n) is 8.58. The normalized spacial score (nSPS) is 17.6. The summed E-state index contributed by atoms with van der Waals surface area (Å²) < 4.78 is 2.20. The van der Waals surface area contributed by atoms with E-state index in [9.17, 15) is 4.79 Å². The van der Waals surface area contributed by atoms with Gasteiger partial charge in [0.05, 0.1) is 23.4 Å². The number of hydrogen-bond donors (Lipinski definition) is 1. The molecule has 0 spiro atoms. The third-order valence-corrected chi connectivity index (χ3v) is 5.09. The average molecular weight is 330 g/mol. The van der Waals surface area contributed by atoms with E-state index in [4.69, 9.17) is 0 Å². The highest BCUT2D eigenvalue weighted by Gasteiger charge is 2.29. The fourth-order valence-corrected chi connectivity index (χ4v) is 3.78. The summed E-state index contributed by atoms with van der Waals surface area (Å²) in [6, 6.07) is 18.3. The lowest BCUT2D eigenvalue weighted by Crippen LogP contribution is -2.29. The van der Waals surface area contributed by atoms with Crippen LogP contribution in [0.5, 0.6) is 0 Å². The smallest absolute Gasteiger partial charge is 0.270 e. The molecule has 5 heteroatoms. The van der Waals surface area contributed by atoms with Crippen LogP contribution in [0, 0.1) is 0 Å². The second kappa shape index (κ2) is 5.48. The van der Waals surface area contributed by atoms with Crippen LogP contribution in [0.1, 0.15) is 23.0 Å². The molecule has 5 rings (SSSR count). The summed E-state index contributed by atoms with van der Waals surface area (Å²) in [4.78, 5) is 22.5. The third kappa shape index (κ3) is 2.31. The first kappa shape index (κ1) is 14.3. The zero-order valence-electron chi connectivity index (χ0n) is 13.7. The number of aromatic amines is 1. The van der Waals surface area contributed by atoms with Crippen molar-refractivity contribution in [1.82, 2.24) is 19.4 Å². The number of nitrogens with zero attached hydrogens (tertiary/aromatic N) is 3. The molecule has 0 bridgehead atoms. The molecule has 2 aromatic carbocycles. The molecule has 3 heterocycles. The SMILES string of the molecule is O=C(c1cc2ccccc2[nH]1)N1CC[C@H](n2cnc3ccccc32)C1. The van der Waals surface area contributed by atoms with Gasteiger partial charge in [-0.15, -0.1) is 0 Å². The van der Waals surface area contributed by atoms with Crippen molar-refractivity contribution < 1.29 is 4.79 Å². The molecule has 124 valence electrons. The van der Waals surface area contributed by atoms with E-state index in [1.54, 1.807) is 0 Å². The minimum Gasteiger partial charge on any atom is -0.351 e. The first-order valence-corrected chi connectivity index (χ1v) is 8.58. The van der Waals surface area contributed by atoms with Crippen molar-refractivity contribution in [3.8, 4) is 0 Å². The van der Waals surface area contributed by atoms with Gasteiger partial charge in [0.1, 0.15) is 5.69 Å². The van der Waals surface area contributed by atoms with E-state index >= 15 is 0 Å². The van der Waals surface area contributed by atoms with Gasteiger partial charge in [0.25, 0.3) is 5.91 Å². The van der Waals surface area contributed by atoms with Crippen molar-refractivity contribution >= 4 is 27.8 Å². The number of para-hydroxylation sites is 3. The number of carbonyl (C=O) groups is 1. The zero-order valence-corrected chi connectivity index (χ0v) is 13.7. The van der Waals surface area contributed by atoms with Crippen LogP contribution >= 0.6 is 0 Å². The topological polar surface area (TPSA) is 53.9 Å². The molecule has 1 atom stereocenters. The Morgan fingerprint density at radius 2 is 1.96 bits per heavy atom. The Morgan fingerprint density at radius 3 is 2.88 bits per heavy atom. The van der Waals surface area contributed by atoms with Crippen LogP contribution in [-0.2, 0) is 0 Å². The Morgan fingerprint density at radius 1 is 1.12 bits per heavy atom. The molecule has 25 heavy (non-hydrogen) atoms. The molecule has 0 saturated carbocycles. The molecule has 0 unspecified atom stereocenters. The summed E-state index contributed by atoms with van der Waals surface area (Å²) in [5.74, 6) is 0.0723. The minimum absolute atomic E-state index is 0.0723. The molecular formula is C20H18N4O. The lowest BCUT2D eigenvalue weighted by Gasteiger charge is -2.16. The van der Waals surface area contributed by atoms with Crippen molar-refractivity contribution in [2.75, 3.05) is 13.1 Å². The highest BCUT2D eigenvalue weighted by Crippen LogP contribution is 2.27. The van der Waals surface area contributed by atoms with Gasteiger partial charge in [-0.25, -0.2) is 4.98 Å². The van der Waals surface area contributed by atoms with Gasteiger partial charge in [-0.1, -0.05) is 30.3 Å². The molecule has 1 fully saturated rings. The van der Waals surface area contributed by atoms with Crippen molar-refractivity contribution in [3.63, 3.8) is 0 Å². The zero-order chi connectivity index (χ0) is 16.8. The van der Waals surface area contributed by atoms with Gasteiger partial charge < -0.3 is 14.5 Å². The summed E-state index contributed by atoms with van der Waals surface area (Å²) >= 11 is 0. The van der Waals surface area contributed by atoms with E-state index in [1.165, 1.54) is 0 Å². The number of likely N-dealkylation sites (tertiary alicyclic amines) is 1. The quantitative estimate of drug-likeness (QED) is 0.610. The molecule has 2 aromatic heterocycles. The lowest BCUT2D eigenvalue weighted by molar-refractivity contribution is 0.0783. The summed E-state index contributed by atoms with van der Waals surface area (Å²) in [5.41, 5.74) is 3.80. The Kier molecular flexibility index (Phi) is 3.13. The molecule has 0 aliphatic carbocycles. The number of carbonyl (C=O) groups excluding carboxylic acids is 1. The Balaban J connectivity index is 1.40. The van der Waals surface area contributed by atoms with Crippen LogP contribution in [-0.4, -0.2) is 38.4 Å². The largest absolute Gasteiger partial charge is 0.351 e. The summed E-state index contributed by atoms with van der Waals surface area (Å²) in [6.45, 7) is 1.49. The molecule has 1 aliphatic heterocycles. The Hall–Kier alpha value is -3.08. The molecule has 1 saturated heterocycles. The van der Waals surface area contributed by atoms with E-state index < -0.39 is 0 Å². The number of fused-ring (bicyclic) bond motifs is 2. The van der Waals surface area contributed by atoms with Gasteiger partial charge in [-0.2, -0.15) is 0 Å². The Bertz CT molecular complexity index is 1040. The van der Waals surface area contributed by atoms with Crippen molar-refractivity contribution in [2.24, 2.45) is 0 Å². The Labute approximate surface area is 144 Å². The molecule has 4 aromatic rings. The summed E-state index contributed by atoms with van der Waals surface area (Å²) in [5, 5.41) is 1.07.